The quantitative estimate of drug-likeness (QED) is 0.207. The third-order valence-corrected chi connectivity index (χ3v) is 9.95. The van der Waals surface area contributed by atoms with E-state index in [1.165, 1.54) is 6.42 Å². The van der Waals surface area contributed by atoms with Crippen molar-refractivity contribution in [2.24, 2.45) is 0 Å². The largest absolute Gasteiger partial charge is 0.490 e. The number of amides is 3. The number of nitrogens with one attached hydrogen (secondary N) is 3. The second kappa shape index (κ2) is 20.1. The van der Waals surface area contributed by atoms with Crippen LogP contribution < -0.4 is 16.0 Å². The number of aliphatic carboxylic acids is 1. The van der Waals surface area contributed by atoms with Gasteiger partial charge in [-0.2, -0.15) is 13.2 Å². The molecule has 0 radical (unpaired) electrons. The summed E-state index contributed by atoms with van der Waals surface area (Å²) in [4.78, 5) is 61.7. The number of likely N-dealkylation sites (tertiary alicyclic amines) is 1. The molecule has 2 unspecified atom stereocenters. The minimum Gasteiger partial charge on any atom is -0.475 e. The smallest absolute Gasteiger partial charge is 0.475 e. The molecule has 3 amide bonds. The zero-order valence-corrected chi connectivity index (χ0v) is 28.3. The Morgan fingerprint density at radius 2 is 1.64 bits per heavy atom. The van der Waals surface area contributed by atoms with Crippen LogP contribution in [0.3, 0.4) is 0 Å². The number of carboxylic acid groups (broad SMARTS) is 1. The van der Waals surface area contributed by atoms with Gasteiger partial charge in [-0.15, -0.1) is 46.7 Å². The summed E-state index contributed by atoms with van der Waals surface area (Å²) in [7, 11) is 1.94. The lowest BCUT2D eigenvalue weighted by molar-refractivity contribution is -0.192. The number of hydrogen-bond acceptors (Lipinski definition) is 8. The number of thioether (sulfide) groups is 2. The average Bonchev–Trinajstić information content (AvgIpc) is 3.31. The summed E-state index contributed by atoms with van der Waals surface area (Å²) < 4.78 is 31.8. The maximum atomic E-state index is 13.1. The maximum absolute atomic E-state index is 13.1. The number of alkyl halides is 5. The number of halogens is 5. The van der Waals surface area contributed by atoms with E-state index in [1.807, 2.05) is 79.7 Å². The van der Waals surface area contributed by atoms with Crippen LogP contribution in [0, 0.1) is 0 Å². The van der Waals surface area contributed by atoms with Crippen LogP contribution in [0.25, 0.3) is 0 Å². The summed E-state index contributed by atoms with van der Waals surface area (Å²) >= 11 is 13.4. The fourth-order valence-electron chi connectivity index (χ4n) is 4.47. The SMILES string of the molecule is CCCC(NC(=O)C1CC2(CN1C)SCCCS2)C(=O)C(=O)NCC(=O)N[C@H](C)c1ccccc1.ClCCl.O=C(O)C(F)(F)F. The first kappa shape index (κ1) is 40.8. The van der Waals surface area contributed by atoms with Gasteiger partial charge in [0.15, 0.2) is 0 Å². The number of ketones is 1. The monoisotopic (exact) mass is 718 g/mol. The molecule has 1 aromatic carbocycles. The summed E-state index contributed by atoms with van der Waals surface area (Å²) in [5, 5.41) is 15.4. The number of nitrogens with zero attached hydrogens (tertiary/aromatic N) is 1. The molecule has 0 bridgehead atoms. The Morgan fingerprint density at radius 1 is 1.09 bits per heavy atom. The van der Waals surface area contributed by atoms with Crippen molar-refractivity contribution in [3.63, 3.8) is 0 Å². The fraction of sp³-hybridized carbons (Fsp3) is 0.607. The number of carbonyl (C=O) groups is 5. The van der Waals surface area contributed by atoms with Crippen LogP contribution in [0.1, 0.15) is 51.1 Å². The van der Waals surface area contributed by atoms with Crippen molar-refractivity contribution in [1.29, 1.82) is 0 Å². The molecule has 3 rings (SSSR count). The van der Waals surface area contributed by atoms with Crippen LogP contribution in [-0.2, 0) is 24.0 Å². The lowest BCUT2D eigenvalue weighted by atomic mass is 10.1. The van der Waals surface area contributed by atoms with Gasteiger partial charge in [-0.1, -0.05) is 43.7 Å². The maximum Gasteiger partial charge on any atom is 0.490 e. The molecule has 0 saturated carbocycles. The summed E-state index contributed by atoms with van der Waals surface area (Å²) in [6.07, 6.45) is -2.18. The topological polar surface area (TPSA) is 145 Å². The Hall–Kier alpha value is -2.20. The van der Waals surface area contributed by atoms with Gasteiger partial charge >= 0.3 is 12.1 Å². The van der Waals surface area contributed by atoms with Gasteiger partial charge in [0.2, 0.25) is 17.6 Å². The number of rotatable bonds is 10. The van der Waals surface area contributed by atoms with Gasteiger partial charge in [-0.05, 0) is 50.3 Å². The lowest BCUT2D eigenvalue weighted by Crippen LogP contribution is -2.52. The number of likely N-dealkylation sites (N-methyl/N-ethyl adjacent to an activating group) is 1. The molecule has 3 atom stereocenters. The molecular weight excluding hydrogens is 680 g/mol. The molecule has 2 aliphatic rings. The molecule has 17 heteroatoms. The summed E-state index contributed by atoms with van der Waals surface area (Å²) in [5.41, 5.74) is 0.942. The van der Waals surface area contributed by atoms with E-state index in [0.29, 0.717) is 12.8 Å². The van der Waals surface area contributed by atoms with E-state index >= 15 is 0 Å². The standard InChI is InChI=1S/C25H36N4O4S2.C2HF3O2.CH2Cl2/c1-4-9-19(28-23(32)20-14-25(16-29(20)3)34-12-8-13-35-25)22(31)24(33)26-15-21(30)27-17(2)18-10-6-5-7-11-18;3-2(4,5)1(6)7;2-1-3/h5-7,10-11,17,19-20H,4,8-9,12-16H2,1-3H3,(H,26,33)(H,27,30)(H,28,32);(H,6,7);1H2/t17-,19?,20?;;/m1../s1. The number of carbonyl (C=O) groups excluding carboxylic acids is 4. The molecular formula is C28H39Cl2F3N4O6S2. The van der Waals surface area contributed by atoms with E-state index in [4.69, 9.17) is 33.1 Å². The van der Waals surface area contributed by atoms with E-state index in [2.05, 4.69) is 16.0 Å². The van der Waals surface area contributed by atoms with E-state index in [9.17, 15) is 32.3 Å². The van der Waals surface area contributed by atoms with E-state index < -0.39 is 29.9 Å². The normalized spacial score (nSPS) is 18.6. The third kappa shape index (κ3) is 14.4. The van der Waals surface area contributed by atoms with Crippen LogP contribution in [0.4, 0.5) is 13.2 Å². The summed E-state index contributed by atoms with van der Waals surface area (Å²) in [5.74, 6) is -2.74. The summed E-state index contributed by atoms with van der Waals surface area (Å²) in [6, 6.07) is 8.01. The molecule has 254 valence electrons. The molecule has 2 fully saturated rings. The Kier molecular flexibility index (Phi) is 18.3. The molecule has 0 aliphatic carbocycles. The van der Waals surface area contributed by atoms with Gasteiger partial charge in [0.05, 0.1) is 34.1 Å². The highest BCUT2D eigenvalue weighted by molar-refractivity contribution is 8.18. The van der Waals surface area contributed by atoms with Crippen molar-refractivity contribution >= 4 is 76.2 Å². The molecule has 2 aliphatic heterocycles. The number of Topliss-reactive ketones (excluding diaryl/α,β-unsaturated/α-hetero) is 1. The van der Waals surface area contributed by atoms with Gasteiger partial charge in [0.25, 0.3) is 5.91 Å². The first-order valence-corrected chi connectivity index (χ1v) is 17.0. The Labute approximate surface area is 279 Å². The number of carboxylic acids is 1. The minimum absolute atomic E-state index is 0.0287. The molecule has 10 nitrogen and oxygen atoms in total. The first-order chi connectivity index (χ1) is 21.1. The van der Waals surface area contributed by atoms with Crippen LogP contribution in [-0.4, -0.2) is 98.8 Å². The van der Waals surface area contributed by atoms with Crippen LogP contribution in [0.2, 0.25) is 0 Å². The van der Waals surface area contributed by atoms with Crippen molar-refractivity contribution < 1.29 is 42.3 Å². The van der Waals surface area contributed by atoms with Crippen LogP contribution in [0.5, 0.6) is 0 Å². The number of benzene rings is 1. The first-order valence-electron chi connectivity index (χ1n) is 14.0. The van der Waals surface area contributed by atoms with Gasteiger partial charge in [0.1, 0.15) is 0 Å². The Balaban J connectivity index is 0.000000879. The highest BCUT2D eigenvalue weighted by atomic mass is 35.5. The third-order valence-electron chi connectivity index (χ3n) is 6.61. The fourth-order valence-corrected chi connectivity index (χ4v) is 7.95. The average molecular weight is 720 g/mol. The van der Waals surface area contributed by atoms with E-state index in [0.717, 1.165) is 30.0 Å². The van der Waals surface area contributed by atoms with Gasteiger partial charge < -0.3 is 21.1 Å². The van der Waals surface area contributed by atoms with Crippen molar-refractivity contribution in [2.45, 2.75) is 67.9 Å². The zero-order valence-electron chi connectivity index (χ0n) is 25.1. The minimum atomic E-state index is -5.08. The Morgan fingerprint density at radius 3 is 2.16 bits per heavy atom. The van der Waals surface area contributed by atoms with E-state index in [-0.39, 0.29) is 39.9 Å². The molecule has 1 aromatic rings. The van der Waals surface area contributed by atoms with Gasteiger partial charge in [0, 0.05) is 6.54 Å². The second-order valence-corrected chi connectivity index (χ2v) is 14.1. The summed E-state index contributed by atoms with van der Waals surface area (Å²) in [6.45, 7) is 4.26. The molecule has 0 aromatic heterocycles. The van der Waals surface area contributed by atoms with Crippen LogP contribution >= 0.6 is 46.7 Å². The van der Waals surface area contributed by atoms with Gasteiger partial charge in [-0.25, -0.2) is 4.79 Å². The molecule has 4 N–H and O–H groups in total. The zero-order chi connectivity index (χ0) is 34.2. The predicted molar refractivity (Wildman–Crippen MR) is 171 cm³/mol. The lowest BCUT2D eigenvalue weighted by Gasteiger charge is -2.31. The second-order valence-electron chi connectivity index (χ2n) is 10.1. The van der Waals surface area contributed by atoms with Crippen LogP contribution in [0.15, 0.2) is 30.3 Å². The number of hydrogen-bond donors (Lipinski definition) is 4. The van der Waals surface area contributed by atoms with Crippen molar-refractivity contribution in [2.75, 3.05) is 37.0 Å². The highest BCUT2D eigenvalue weighted by Crippen LogP contribution is 2.49. The predicted octanol–water partition coefficient (Wildman–Crippen LogP) is 4.16. The Bertz CT molecular complexity index is 1130. The van der Waals surface area contributed by atoms with Gasteiger partial charge in [-0.3, -0.25) is 24.1 Å². The van der Waals surface area contributed by atoms with Crippen molar-refractivity contribution in [1.82, 2.24) is 20.9 Å². The van der Waals surface area contributed by atoms with Crippen molar-refractivity contribution in [3.05, 3.63) is 35.9 Å². The highest BCUT2D eigenvalue weighted by Gasteiger charge is 2.47. The van der Waals surface area contributed by atoms with Crippen molar-refractivity contribution in [3.8, 4) is 0 Å². The molecule has 2 saturated heterocycles. The van der Waals surface area contributed by atoms with E-state index in [1.54, 1.807) is 0 Å². The molecule has 1 spiro atoms. The molecule has 45 heavy (non-hydrogen) atoms. The molecule has 2 heterocycles.